The van der Waals surface area contributed by atoms with Crippen LogP contribution in [0.25, 0.3) is 11.7 Å². The number of nitrogens with zero attached hydrogens (tertiary/aromatic N) is 4. The first-order chi connectivity index (χ1) is 16.0. The van der Waals surface area contributed by atoms with Crippen LogP contribution >= 0.6 is 0 Å². The third kappa shape index (κ3) is 4.39. The summed E-state index contributed by atoms with van der Waals surface area (Å²) in [5.74, 6) is 0.585. The first kappa shape index (κ1) is 20.3. The summed E-state index contributed by atoms with van der Waals surface area (Å²) in [4.78, 5) is 37.9. The molecular weight excluding hydrogens is 428 g/mol. The van der Waals surface area contributed by atoms with Crippen LogP contribution in [0.1, 0.15) is 18.5 Å². The molecule has 0 unspecified atom stereocenters. The number of rotatable bonds is 5. The van der Waals surface area contributed by atoms with Crippen molar-refractivity contribution in [2.45, 2.75) is 18.9 Å². The molecule has 1 saturated carbocycles. The zero-order valence-electron chi connectivity index (χ0n) is 17.5. The van der Waals surface area contributed by atoms with Gasteiger partial charge in [0.1, 0.15) is 17.3 Å². The Bertz CT molecular complexity index is 1530. The van der Waals surface area contributed by atoms with Crippen LogP contribution in [0.5, 0.6) is 11.6 Å². The largest absolute Gasteiger partial charge is 0.497 e. The van der Waals surface area contributed by atoms with Gasteiger partial charge >= 0.3 is 11.7 Å². The van der Waals surface area contributed by atoms with E-state index in [4.69, 9.17) is 4.74 Å². The monoisotopic (exact) mass is 448 g/mol. The lowest BCUT2D eigenvalue weighted by atomic mass is 10.3. The van der Waals surface area contributed by atoms with Crippen LogP contribution in [0, 0.1) is 0 Å². The predicted octanol–water partition coefficient (Wildman–Crippen LogP) is 0.715. The maximum absolute atomic E-state index is 12.6. The fraction of sp³-hybridized carbons (Fsp3) is 0.190. The average molecular weight is 448 g/mol. The molecule has 168 valence electrons. The first-order valence-corrected chi connectivity index (χ1v) is 10.2. The van der Waals surface area contributed by atoms with Crippen molar-refractivity contribution in [3.05, 3.63) is 63.4 Å². The topological polar surface area (TPSA) is 162 Å². The molecule has 0 radical (unpaired) electrons. The van der Waals surface area contributed by atoms with Gasteiger partial charge in [0.05, 0.1) is 19.3 Å². The molecule has 1 aromatic carbocycles. The minimum atomic E-state index is -0.538. The number of anilines is 2. The number of H-pyrrole nitrogens is 2. The maximum atomic E-state index is 12.6. The molecule has 0 atom stereocenters. The Hall–Kier alpha value is -4.61. The Morgan fingerprint density at radius 2 is 2.15 bits per heavy atom. The molecule has 4 aromatic rings. The number of benzene rings is 1. The zero-order chi connectivity index (χ0) is 22.9. The minimum absolute atomic E-state index is 0.187. The number of methoxy groups -OCH3 is 1. The summed E-state index contributed by atoms with van der Waals surface area (Å²) in [5.41, 5.74) is 1.14. The summed E-state index contributed by atoms with van der Waals surface area (Å²) in [6, 6.07) is 8.32. The number of urea groups is 1. The second-order valence-electron chi connectivity index (χ2n) is 7.49. The van der Waals surface area contributed by atoms with Crippen molar-refractivity contribution >= 4 is 29.3 Å². The van der Waals surface area contributed by atoms with Crippen LogP contribution in [0.4, 0.5) is 16.3 Å². The molecule has 0 aliphatic heterocycles. The van der Waals surface area contributed by atoms with Gasteiger partial charge in [-0.1, -0.05) is 6.07 Å². The zero-order valence-corrected chi connectivity index (χ0v) is 17.5. The van der Waals surface area contributed by atoms with Gasteiger partial charge in [0, 0.05) is 23.0 Å². The summed E-state index contributed by atoms with van der Waals surface area (Å²) < 4.78 is 6.73. The third-order valence-electron chi connectivity index (χ3n) is 4.95. The number of amides is 2. The van der Waals surface area contributed by atoms with Gasteiger partial charge in [-0.3, -0.25) is 15.3 Å². The standard InChI is InChI=1S/C21H20N8O4/c1-33-14-4-2-3-13(8-14)24-20(31)27-16-9-17(23-12-5-6-12)29-18(26-16)11(10-22-29)7-15-19(30)28-21(32)25-15/h2-4,7-10,12,30H,5-6H2,1H3,(H2,24,27,31)(H2,25,28,32). The average Bonchev–Trinajstić information content (AvgIpc) is 3.42. The van der Waals surface area contributed by atoms with Gasteiger partial charge < -0.3 is 20.1 Å². The van der Waals surface area contributed by atoms with Crippen molar-refractivity contribution < 1.29 is 14.6 Å². The van der Waals surface area contributed by atoms with Gasteiger partial charge in [-0.05, 0) is 31.1 Å². The van der Waals surface area contributed by atoms with Gasteiger partial charge in [-0.2, -0.15) is 9.61 Å². The van der Waals surface area contributed by atoms with Crippen LogP contribution in [-0.4, -0.2) is 48.9 Å². The van der Waals surface area contributed by atoms with E-state index in [1.165, 1.54) is 6.08 Å². The Morgan fingerprint density at radius 3 is 2.88 bits per heavy atom. The summed E-state index contributed by atoms with van der Waals surface area (Å²) in [7, 11) is 1.55. The molecular formula is C21H20N8O4. The molecule has 1 fully saturated rings. The predicted molar refractivity (Wildman–Crippen MR) is 119 cm³/mol. The van der Waals surface area contributed by atoms with E-state index in [2.05, 4.69) is 35.7 Å². The molecule has 33 heavy (non-hydrogen) atoms. The lowest BCUT2D eigenvalue weighted by Gasteiger charge is -2.08. The van der Waals surface area contributed by atoms with Crippen LogP contribution < -0.4 is 31.8 Å². The number of aromatic hydroxyl groups is 1. The molecule has 5 N–H and O–H groups in total. The Balaban J connectivity index is 1.52. The Kier molecular flexibility index (Phi) is 5.01. The van der Waals surface area contributed by atoms with E-state index in [1.807, 2.05) is 0 Å². The van der Waals surface area contributed by atoms with E-state index in [-0.39, 0.29) is 23.4 Å². The third-order valence-corrected chi connectivity index (χ3v) is 4.95. The molecule has 2 amide bonds. The Labute approximate surface area is 185 Å². The van der Waals surface area contributed by atoms with Gasteiger partial charge in [-0.15, -0.1) is 0 Å². The molecule has 12 nitrogen and oxygen atoms in total. The fourth-order valence-electron chi connectivity index (χ4n) is 3.24. The molecule has 3 aromatic heterocycles. The summed E-state index contributed by atoms with van der Waals surface area (Å²) in [6.07, 6.45) is 5.05. The van der Waals surface area contributed by atoms with Crippen LogP contribution in [0.3, 0.4) is 0 Å². The molecule has 0 bridgehead atoms. The van der Waals surface area contributed by atoms with Crippen molar-refractivity contribution in [2.24, 2.45) is 4.99 Å². The number of aromatic amines is 2. The van der Waals surface area contributed by atoms with E-state index in [0.717, 1.165) is 12.8 Å². The number of imidazole rings is 1. The second kappa shape index (κ2) is 8.15. The van der Waals surface area contributed by atoms with Crippen LogP contribution in [0.2, 0.25) is 0 Å². The van der Waals surface area contributed by atoms with Gasteiger partial charge in [0.25, 0.3) is 0 Å². The van der Waals surface area contributed by atoms with E-state index in [0.29, 0.717) is 27.8 Å². The number of hydrogen-bond acceptors (Lipinski definition) is 7. The highest BCUT2D eigenvalue weighted by Gasteiger charge is 2.20. The van der Waals surface area contributed by atoms with Crippen molar-refractivity contribution in [1.82, 2.24) is 24.6 Å². The number of hydrogen-bond donors (Lipinski definition) is 5. The normalized spacial score (nSPS) is 14.6. The van der Waals surface area contributed by atoms with Crippen LogP contribution in [0.15, 0.2) is 46.3 Å². The highest BCUT2D eigenvalue weighted by Crippen LogP contribution is 2.22. The van der Waals surface area contributed by atoms with Gasteiger partial charge in [0.15, 0.2) is 11.1 Å². The molecule has 1 aliphatic rings. The molecule has 5 rings (SSSR count). The summed E-state index contributed by atoms with van der Waals surface area (Å²) in [5, 5.41) is 20.2. The second-order valence-corrected chi connectivity index (χ2v) is 7.49. The lowest BCUT2D eigenvalue weighted by Crippen LogP contribution is -2.24. The van der Waals surface area contributed by atoms with E-state index in [9.17, 15) is 14.7 Å². The lowest BCUT2D eigenvalue weighted by molar-refractivity contribution is 0.262. The number of carbonyl (C=O) groups excluding carboxylic acids is 1. The van der Waals surface area contributed by atoms with Crippen LogP contribution in [-0.2, 0) is 0 Å². The van der Waals surface area contributed by atoms with E-state index >= 15 is 0 Å². The quantitative estimate of drug-likeness (QED) is 0.302. The number of fused-ring (bicyclic) bond motifs is 1. The molecule has 0 spiro atoms. The van der Waals surface area contributed by atoms with E-state index in [1.54, 1.807) is 48.2 Å². The number of ether oxygens (including phenoxy) is 1. The maximum Gasteiger partial charge on any atom is 0.326 e. The number of carbonyl (C=O) groups is 1. The molecule has 0 saturated heterocycles. The van der Waals surface area contributed by atoms with Crippen molar-refractivity contribution in [2.75, 3.05) is 17.7 Å². The smallest absolute Gasteiger partial charge is 0.326 e. The summed E-state index contributed by atoms with van der Waals surface area (Å²) >= 11 is 0. The molecule has 1 aliphatic carbocycles. The summed E-state index contributed by atoms with van der Waals surface area (Å²) in [6.45, 7) is 0. The minimum Gasteiger partial charge on any atom is -0.497 e. The Morgan fingerprint density at radius 1 is 1.30 bits per heavy atom. The van der Waals surface area contributed by atoms with Gasteiger partial charge in [-0.25, -0.2) is 14.6 Å². The van der Waals surface area contributed by atoms with Gasteiger partial charge in [0.2, 0.25) is 5.88 Å². The van der Waals surface area contributed by atoms with Crippen molar-refractivity contribution in [3.8, 4) is 11.6 Å². The van der Waals surface area contributed by atoms with Crippen molar-refractivity contribution in [3.63, 3.8) is 0 Å². The first-order valence-electron chi connectivity index (χ1n) is 10.2. The van der Waals surface area contributed by atoms with E-state index < -0.39 is 11.7 Å². The molecule has 12 heteroatoms. The highest BCUT2D eigenvalue weighted by atomic mass is 16.5. The number of nitrogens with one attached hydrogen (secondary N) is 4. The SMILES string of the molecule is COc1cccc(NC(=O)Nc2cc(=NC3CC3)n3ncc(=Cc4[nH]c(=O)[nH]c4O)c3n2)c1. The number of aromatic nitrogens is 5. The van der Waals surface area contributed by atoms with Crippen molar-refractivity contribution in [1.29, 1.82) is 0 Å². The fourth-order valence-corrected chi connectivity index (χ4v) is 3.24. The molecule has 3 heterocycles. The highest BCUT2D eigenvalue weighted by molar-refractivity contribution is 5.99.